The minimum Gasteiger partial charge on any atom is -0.433 e. The molecule has 1 aliphatic rings. The van der Waals surface area contributed by atoms with Crippen LogP contribution in [-0.2, 0) is 14.3 Å². The number of rotatable bonds is 1. The molecule has 12 heavy (non-hydrogen) atoms. The summed E-state index contributed by atoms with van der Waals surface area (Å²) in [6, 6.07) is 0. The number of halogens is 2. The molecule has 0 aliphatic carbocycles. The number of esters is 1. The molecular weight excluding hydrogens is 203 g/mol. The van der Waals surface area contributed by atoms with E-state index >= 15 is 0 Å². The highest BCUT2D eigenvalue weighted by Crippen LogP contribution is 2.36. The monoisotopic (exact) mass is 212 g/mol. The van der Waals surface area contributed by atoms with Crippen molar-refractivity contribution in [3.8, 4) is 0 Å². The van der Waals surface area contributed by atoms with Crippen LogP contribution in [0, 0.1) is 0 Å². The van der Waals surface area contributed by atoms with Crippen molar-refractivity contribution >= 4 is 29.2 Å². The molecule has 0 bridgehead atoms. The van der Waals surface area contributed by atoms with Crippen molar-refractivity contribution in [1.82, 2.24) is 0 Å². The smallest absolute Gasteiger partial charge is 0.305 e. The Morgan fingerprint density at radius 2 is 2.33 bits per heavy atom. The SMILES string of the molecule is CC(=O)OC1OCCCC1(Cl)Cl. The van der Waals surface area contributed by atoms with E-state index in [2.05, 4.69) is 0 Å². The Bertz CT molecular complexity index is 181. The van der Waals surface area contributed by atoms with Gasteiger partial charge in [-0.1, -0.05) is 23.2 Å². The van der Waals surface area contributed by atoms with Crippen molar-refractivity contribution in [2.45, 2.75) is 30.4 Å². The molecule has 0 aromatic heterocycles. The van der Waals surface area contributed by atoms with Gasteiger partial charge in [-0.05, 0) is 12.8 Å². The number of alkyl halides is 2. The van der Waals surface area contributed by atoms with E-state index in [4.69, 9.17) is 32.7 Å². The largest absolute Gasteiger partial charge is 0.433 e. The van der Waals surface area contributed by atoms with Crippen LogP contribution in [0.1, 0.15) is 19.8 Å². The van der Waals surface area contributed by atoms with Gasteiger partial charge in [-0.25, -0.2) is 0 Å². The number of carbonyl (C=O) groups excluding carboxylic acids is 1. The second-order valence-electron chi connectivity index (χ2n) is 2.68. The molecule has 0 spiro atoms. The molecule has 1 fully saturated rings. The van der Waals surface area contributed by atoms with E-state index in [1.165, 1.54) is 6.92 Å². The van der Waals surface area contributed by atoms with Crippen molar-refractivity contribution in [1.29, 1.82) is 0 Å². The lowest BCUT2D eigenvalue weighted by molar-refractivity contribution is -0.186. The van der Waals surface area contributed by atoms with Crippen LogP contribution in [-0.4, -0.2) is 23.2 Å². The highest BCUT2D eigenvalue weighted by atomic mass is 35.5. The fourth-order valence-corrected chi connectivity index (χ4v) is 1.49. The van der Waals surface area contributed by atoms with Gasteiger partial charge < -0.3 is 9.47 Å². The van der Waals surface area contributed by atoms with Gasteiger partial charge in [-0.3, -0.25) is 4.79 Å². The summed E-state index contributed by atoms with van der Waals surface area (Å²) in [5.74, 6) is -0.437. The Hall–Kier alpha value is 0.01000. The first kappa shape index (κ1) is 10.1. The van der Waals surface area contributed by atoms with Crippen molar-refractivity contribution in [2.24, 2.45) is 0 Å². The first-order chi connectivity index (χ1) is 5.52. The lowest BCUT2D eigenvalue weighted by Gasteiger charge is -2.32. The molecule has 1 rings (SSSR count). The second-order valence-corrected chi connectivity index (χ2v) is 4.22. The van der Waals surface area contributed by atoms with Crippen molar-refractivity contribution in [3.05, 3.63) is 0 Å². The summed E-state index contributed by atoms with van der Waals surface area (Å²) >= 11 is 11.7. The molecule has 0 amide bonds. The van der Waals surface area contributed by atoms with Gasteiger partial charge in [0.15, 0.2) is 4.33 Å². The Morgan fingerprint density at radius 1 is 1.67 bits per heavy atom. The maximum absolute atomic E-state index is 10.6. The zero-order valence-corrected chi connectivity index (χ0v) is 8.19. The van der Waals surface area contributed by atoms with Crippen LogP contribution in [0.5, 0.6) is 0 Å². The quantitative estimate of drug-likeness (QED) is 0.492. The average molecular weight is 213 g/mol. The maximum Gasteiger partial charge on any atom is 0.305 e. The molecular formula is C7H10Cl2O3. The van der Waals surface area contributed by atoms with Gasteiger partial charge in [0.25, 0.3) is 0 Å². The van der Waals surface area contributed by atoms with E-state index in [0.717, 1.165) is 6.42 Å². The topological polar surface area (TPSA) is 35.5 Å². The van der Waals surface area contributed by atoms with Gasteiger partial charge in [0.1, 0.15) is 0 Å². The van der Waals surface area contributed by atoms with Crippen molar-refractivity contribution in [2.75, 3.05) is 6.61 Å². The Morgan fingerprint density at radius 3 is 2.83 bits per heavy atom. The third kappa shape index (κ3) is 2.51. The highest BCUT2D eigenvalue weighted by molar-refractivity contribution is 6.48. The summed E-state index contributed by atoms with van der Waals surface area (Å²) in [5, 5.41) is 0. The lowest BCUT2D eigenvalue weighted by atomic mass is 10.2. The van der Waals surface area contributed by atoms with Gasteiger partial charge in [0.2, 0.25) is 6.29 Å². The van der Waals surface area contributed by atoms with E-state index in [-0.39, 0.29) is 0 Å². The van der Waals surface area contributed by atoms with Crippen LogP contribution in [0.25, 0.3) is 0 Å². The summed E-state index contributed by atoms with van der Waals surface area (Å²) in [4.78, 5) is 10.6. The van der Waals surface area contributed by atoms with Crippen LogP contribution in [0.4, 0.5) is 0 Å². The molecule has 0 radical (unpaired) electrons. The van der Waals surface area contributed by atoms with Gasteiger partial charge in [0, 0.05) is 6.92 Å². The van der Waals surface area contributed by atoms with E-state index in [0.29, 0.717) is 13.0 Å². The summed E-state index contributed by atoms with van der Waals surface area (Å²) in [6.45, 7) is 1.82. The van der Waals surface area contributed by atoms with Crippen LogP contribution in [0.3, 0.4) is 0 Å². The van der Waals surface area contributed by atoms with E-state index < -0.39 is 16.6 Å². The first-order valence-electron chi connectivity index (χ1n) is 3.69. The molecule has 1 aliphatic heterocycles. The van der Waals surface area contributed by atoms with Crippen LogP contribution in [0.2, 0.25) is 0 Å². The van der Waals surface area contributed by atoms with Crippen molar-refractivity contribution in [3.63, 3.8) is 0 Å². The van der Waals surface area contributed by atoms with E-state index in [1.54, 1.807) is 0 Å². The molecule has 0 aromatic carbocycles. The molecule has 5 heteroatoms. The summed E-state index contributed by atoms with van der Waals surface area (Å²) in [7, 11) is 0. The molecule has 1 atom stereocenters. The molecule has 1 heterocycles. The minimum absolute atomic E-state index is 0.437. The van der Waals surface area contributed by atoms with Crippen LogP contribution >= 0.6 is 23.2 Å². The summed E-state index contributed by atoms with van der Waals surface area (Å²) in [6.07, 6.45) is 0.533. The standard InChI is InChI=1S/C7H10Cl2O3/c1-5(10)12-6-7(8,9)3-2-4-11-6/h6H,2-4H2,1H3. The number of hydrogen-bond acceptors (Lipinski definition) is 3. The van der Waals surface area contributed by atoms with Crippen molar-refractivity contribution < 1.29 is 14.3 Å². The molecule has 3 nitrogen and oxygen atoms in total. The van der Waals surface area contributed by atoms with Gasteiger partial charge in [-0.2, -0.15) is 0 Å². The fraction of sp³-hybridized carbons (Fsp3) is 0.857. The van der Waals surface area contributed by atoms with Gasteiger partial charge in [0.05, 0.1) is 6.61 Å². The zero-order valence-electron chi connectivity index (χ0n) is 6.68. The molecule has 0 N–H and O–H groups in total. The average Bonchev–Trinajstić information content (AvgIpc) is 1.92. The Balaban J connectivity index is 2.54. The molecule has 1 saturated heterocycles. The predicted octanol–water partition coefficient (Wildman–Crippen LogP) is 1.86. The number of carbonyl (C=O) groups is 1. The zero-order chi connectivity index (χ0) is 9.19. The van der Waals surface area contributed by atoms with Gasteiger partial charge in [-0.15, -0.1) is 0 Å². The van der Waals surface area contributed by atoms with Gasteiger partial charge >= 0.3 is 5.97 Å². The van der Waals surface area contributed by atoms with E-state index in [9.17, 15) is 4.79 Å². The van der Waals surface area contributed by atoms with Crippen LogP contribution < -0.4 is 0 Å². The predicted molar refractivity (Wildman–Crippen MR) is 45.2 cm³/mol. The maximum atomic E-state index is 10.6. The summed E-state index contributed by atoms with van der Waals surface area (Å²) in [5.41, 5.74) is 0. The number of hydrogen-bond donors (Lipinski definition) is 0. The highest BCUT2D eigenvalue weighted by Gasteiger charge is 2.40. The van der Waals surface area contributed by atoms with E-state index in [1.807, 2.05) is 0 Å². The lowest BCUT2D eigenvalue weighted by Crippen LogP contribution is -2.41. The molecule has 0 saturated carbocycles. The Kier molecular flexibility index (Phi) is 3.21. The van der Waals surface area contributed by atoms with Crippen LogP contribution in [0.15, 0.2) is 0 Å². The molecule has 70 valence electrons. The molecule has 1 unspecified atom stereocenters. The fourth-order valence-electron chi connectivity index (χ4n) is 1.01. The Labute approximate surface area is 80.9 Å². The third-order valence-electron chi connectivity index (χ3n) is 1.54. The molecule has 0 aromatic rings. The third-order valence-corrected chi connectivity index (χ3v) is 2.28. The number of ether oxygens (including phenoxy) is 2. The summed E-state index contributed by atoms with van der Waals surface area (Å²) < 4.78 is 8.79. The normalized spacial score (nSPS) is 28.1. The minimum atomic E-state index is -1.09. The second kappa shape index (κ2) is 3.81. The first-order valence-corrected chi connectivity index (χ1v) is 4.44.